The Hall–Kier alpha value is -3.64. The second-order valence-electron chi connectivity index (χ2n) is 8.54. The van der Waals surface area contributed by atoms with Gasteiger partial charge in [-0.25, -0.2) is 9.78 Å². The number of benzene rings is 3. The number of methoxy groups -OCH3 is 2. The third-order valence-electron chi connectivity index (χ3n) is 6.47. The van der Waals surface area contributed by atoms with Crippen molar-refractivity contribution >= 4 is 17.0 Å². The molecule has 1 aromatic heterocycles. The summed E-state index contributed by atoms with van der Waals surface area (Å²) in [5.74, 6) is 0.192. The van der Waals surface area contributed by atoms with E-state index < -0.39 is 0 Å². The van der Waals surface area contributed by atoms with E-state index in [1.54, 1.807) is 7.11 Å². The van der Waals surface area contributed by atoms with Gasteiger partial charge in [0.15, 0.2) is 0 Å². The van der Waals surface area contributed by atoms with E-state index in [-0.39, 0.29) is 5.97 Å². The summed E-state index contributed by atoms with van der Waals surface area (Å²) in [6.07, 6.45) is 2.75. The molecule has 1 unspecified atom stereocenters. The summed E-state index contributed by atoms with van der Waals surface area (Å²) in [6, 6.07) is 21.0. The minimum atomic E-state index is -0.367. The fourth-order valence-electron chi connectivity index (χ4n) is 4.68. The summed E-state index contributed by atoms with van der Waals surface area (Å²) in [5.41, 5.74) is 7.30. The van der Waals surface area contributed by atoms with Crippen LogP contribution in [0.1, 0.15) is 34.0 Å². The van der Waals surface area contributed by atoms with Crippen molar-refractivity contribution in [3.63, 3.8) is 0 Å². The molecule has 2 heterocycles. The predicted molar refractivity (Wildman–Crippen MR) is 128 cm³/mol. The Labute approximate surface area is 193 Å². The summed E-state index contributed by atoms with van der Waals surface area (Å²) >= 11 is 0. The second-order valence-corrected chi connectivity index (χ2v) is 8.54. The fraction of sp³-hybridized carbons (Fsp3) is 0.259. The van der Waals surface area contributed by atoms with Crippen LogP contribution in [-0.2, 0) is 24.2 Å². The lowest BCUT2D eigenvalue weighted by Crippen LogP contribution is -2.38. The Bertz CT molecular complexity index is 1330. The quantitative estimate of drug-likeness (QED) is 0.418. The van der Waals surface area contributed by atoms with E-state index in [1.807, 2.05) is 36.7 Å². The molecule has 6 nitrogen and oxygen atoms in total. The van der Waals surface area contributed by atoms with Gasteiger partial charge in [-0.2, -0.15) is 0 Å². The van der Waals surface area contributed by atoms with Crippen LogP contribution in [0, 0.1) is 0 Å². The van der Waals surface area contributed by atoms with E-state index in [4.69, 9.17) is 9.47 Å². The maximum absolute atomic E-state index is 12.2. The Morgan fingerprint density at radius 3 is 2.73 bits per heavy atom. The number of fused-ring (bicyclic) bond motifs is 2. The average Bonchev–Trinajstić information content (AvgIpc) is 3.28. The van der Waals surface area contributed by atoms with E-state index in [0.717, 1.165) is 36.2 Å². The normalized spacial score (nSPS) is 15.9. The molecular weight excluding hydrogens is 414 g/mol. The molecule has 0 saturated carbocycles. The van der Waals surface area contributed by atoms with E-state index in [2.05, 4.69) is 51.7 Å². The number of esters is 1. The first kappa shape index (κ1) is 21.2. The Balaban J connectivity index is 1.41. The number of nitrogens with zero attached hydrogens (tertiary/aromatic N) is 3. The number of imidazole rings is 1. The number of ether oxygens (including phenoxy) is 2. The summed E-state index contributed by atoms with van der Waals surface area (Å²) in [7, 11) is 2.98. The molecular formula is C27H27N3O3. The Kier molecular flexibility index (Phi) is 5.60. The molecule has 0 bridgehead atoms. The van der Waals surface area contributed by atoms with Crippen molar-refractivity contribution in [3.05, 3.63) is 89.2 Å². The Morgan fingerprint density at radius 1 is 1.06 bits per heavy atom. The van der Waals surface area contributed by atoms with Crippen molar-refractivity contribution < 1.29 is 14.3 Å². The predicted octanol–water partition coefficient (Wildman–Crippen LogP) is 4.77. The maximum Gasteiger partial charge on any atom is 0.341 e. The van der Waals surface area contributed by atoms with Crippen molar-refractivity contribution in [2.45, 2.75) is 32.5 Å². The zero-order valence-electron chi connectivity index (χ0n) is 19.1. The molecule has 0 spiro atoms. The molecule has 0 aliphatic carbocycles. The van der Waals surface area contributed by atoms with E-state index >= 15 is 0 Å². The van der Waals surface area contributed by atoms with Gasteiger partial charge in [0.2, 0.25) is 0 Å². The lowest BCUT2D eigenvalue weighted by molar-refractivity contribution is 0.0596. The molecule has 0 amide bonds. The van der Waals surface area contributed by atoms with E-state index in [1.165, 1.54) is 23.8 Å². The van der Waals surface area contributed by atoms with Gasteiger partial charge in [0.1, 0.15) is 17.6 Å². The molecule has 6 heteroatoms. The van der Waals surface area contributed by atoms with Gasteiger partial charge in [0.25, 0.3) is 0 Å². The third-order valence-corrected chi connectivity index (χ3v) is 6.47. The summed E-state index contributed by atoms with van der Waals surface area (Å²) < 4.78 is 12.5. The lowest BCUT2D eigenvalue weighted by Gasteiger charge is -2.35. The number of hydrogen-bond donors (Lipinski definition) is 0. The molecule has 3 aromatic carbocycles. The summed E-state index contributed by atoms with van der Waals surface area (Å²) in [5, 5.41) is 0. The first-order valence-electron chi connectivity index (χ1n) is 11.1. The lowest BCUT2D eigenvalue weighted by atomic mass is 9.92. The van der Waals surface area contributed by atoms with E-state index in [9.17, 15) is 4.79 Å². The fourth-order valence-corrected chi connectivity index (χ4v) is 4.68. The molecule has 168 valence electrons. The Morgan fingerprint density at radius 2 is 1.91 bits per heavy atom. The monoisotopic (exact) mass is 441 g/mol. The minimum absolute atomic E-state index is 0.342. The first-order valence-corrected chi connectivity index (χ1v) is 11.1. The summed E-state index contributed by atoms with van der Waals surface area (Å²) in [4.78, 5) is 19.1. The van der Waals surface area contributed by atoms with Crippen molar-refractivity contribution in [1.82, 2.24) is 14.5 Å². The number of hydrogen-bond acceptors (Lipinski definition) is 5. The minimum Gasteiger partial charge on any atom is -0.496 e. The highest BCUT2D eigenvalue weighted by Crippen LogP contribution is 2.31. The van der Waals surface area contributed by atoms with Gasteiger partial charge >= 0.3 is 5.97 Å². The highest BCUT2D eigenvalue weighted by Gasteiger charge is 2.26. The van der Waals surface area contributed by atoms with Gasteiger partial charge in [-0.3, -0.25) is 9.47 Å². The van der Waals surface area contributed by atoms with Crippen LogP contribution >= 0.6 is 0 Å². The molecule has 33 heavy (non-hydrogen) atoms. The molecule has 0 fully saturated rings. The largest absolute Gasteiger partial charge is 0.496 e. The van der Waals surface area contributed by atoms with Gasteiger partial charge in [0, 0.05) is 24.8 Å². The van der Waals surface area contributed by atoms with Crippen LogP contribution in [0.2, 0.25) is 0 Å². The van der Waals surface area contributed by atoms with Crippen molar-refractivity contribution in [2.75, 3.05) is 14.2 Å². The number of rotatable bonds is 5. The average molecular weight is 442 g/mol. The number of carbonyl (C=O) groups excluding carboxylic acids is 1. The van der Waals surface area contributed by atoms with Crippen molar-refractivity contribution in [2.24, 2.45) is 0 Å². The number of aromatic nitrogens is 2. The van der Waals surface area contributed by atoms with Gasteiger partial charge in [-0.15, -0.1) is 0 Å². The van der Waals surface area contributed by atoms with Gasteiger partial charge in [0.05, 0.1) is 25.3 Å². The third kappa shape index (κ3) is 3.98. The molecule has 1 aliphatic heterocycles. The first-order chi connectivity index (χ1) is 16.1. The van der Waals surface area contributed by atoms with Crippen LogP contribution in [0.15, 0.2) is 67.0 Å². The molecule has 5 rings (SSSR count). The zero-order valence-corrected chi connectivity index (χ0v) is 19.1. The molecule has 0 radical (unpaired) electrons. The van der Waals surface area contributed by atoms with Crippen LogP contribution in [0.25, 0.3) is 16.7 Å². The molecule has 1 atom stereocenters. The molecule has 0 saturated heterocycles. The van der Waals surface area contributed by atoms with Crippen LogP contribution in [0.3, 0.4) is 0 Å². The van der Waals surface area contributed by atoms with Gasteiger partial charge in [-0.1, -0.05) is 24.3 Å². The maximum atomic E-state index is 12.2. The van der Waals surface area contributed by atoms with Gasteiger partial charge < -0.3 is 9.47 Å². The van der Waals surface area contributed by atoms with Crippen LogP contribution in [0.5, 0.6) is 5.75 Å². The van der Waals surface area contributed by atoms with Gasteiger partial charge in [-0.05, 0) is 66.4 Å². The van der Waals surface area contributed by atoms with Crippen LogP contribution < -0.4 is 4.74 Å². The number of para-hydroxylation sites is 2. The van der Waals surface area contributed by atoms with Crippen molar-refractivity contribution in [3.8, 4) is 11.4 Å². The second kappa shape index (κ2) is 8.71. The standard InChI is InChI=1S/C27H27N3O3/c1-18-11-20-13-23(27(31)33-3)26(32-2)14-21(20)16-29(18)15-19-7-6-8-22(12-19)30-17-28-24-9-4-5-10-25(24)30/h4-10,12-14,17-18H,11,15-16H2,1-3H3. The topological polar surface area (TPSA) is 56.6 Å². The van der Waals surface area contributed by atoms with Crippen molar-refractivity contribution in [1.29, 1.82) is 0 Å². The molecule has 0 N–H and O–H groups in total. The van der Waals surface area contributed by atoms with Crippen LogP contribution in [-0.4, -0.2) is 40.7 Å². The van der Waals surface area contributed by atoms with E-state index in [0.29, 0.717) is 17.4 Å². The summed E-state index contributed by atoms with van der Waals surface area (Å²) in [6.45, 7) is 3.87. The molecule has 1 aliphatic rings. The molecule has 4 aromatic rings. The highest BCUT2D eigenvalue weighted by atomic mass is 16.5. The zero-order chi connectivity index (χ0) is 22.9. The SMILES string of the molecule is COC(=O)c1cc2c(cc1OC)CN(Cc1cccc(-n3cnc4ccccc43)c1)C(C)C2. The number of carbonyl (C=O) groups is 1. The highest BCUT2D eigenvalue weighted by molar-refractivity contribution is 5.93. The smallest absolute Gasteiger partial charge is 0.341 e. The van der Waals surface area contributed by atoms with Crippen LogP contribution in [0.4, 0.5) is 0 Å².